The maximum Gasteiger partial charge on any atom is 0.234 e. The van der Waals surface area contributed by atoms with E-state index in [1.165, 1.54) is 12.5 Å². The van der Waals surface area contributed by atoms with E-state index in [4.69, 9.17) is 0 Å². The van der Waals surface area contributed by atoms with Crippen LogP contribution in [0.5, 0.6) is 0 Å². The van der Waals surface area contributed by atoms with Crippen molar-refractivity contribution in [2.45, 2.75) is 83.2 Å². The van der Waals surface area contributed by atoms with Crippen LogP contribution < -0.4 is 0 Å². The molecule has 1 amide bonds. The summed E-state index contributed by atoms with van der Waals surface area (Å²) in [6, 6.07) is 7.43. The Balaban J connectivity index is 1.75. The quantitative estimate of drug-likeness (QED) is 0.724. The Kier molecular flexibility index (Phi) is 5.12. The number of hydrogen-bond donors (Lipinski definition) is 0. The van der Waals surface area contributed by atoms with Crippen molar-refractivity contribution in [3.05, 3.63) is 29.7 Å². The number of rotatable bonds is 4. The summed E-state index contributed by atoms with van der Waals surface area (Å²) in [5.41, 5.74) is 0.466. The maximum absolute atomic E-state index is 14.8. The standard InChI is InChI=1S/C24H31FN4O/c1-23(2,21-20-18(25)10-5-11-19(20)28(4)27-21)22(30)29-16-8-6-12-24(3,14-16)15-17(29)9-7-13-26/h5,10-11,16-17H,6-9,12,14-15H2,1-4H3. The van der Waals surface area contributed by atoms with Gasteiger partial charge in [-0.05, 0) is 63.5 Å². The van der Waals surface area contributed by atoms with Crippen LogP contribution in [0.25, 0.3) is 10.9 Å². The second kappa shape index (κ2) is 7.37. The van der Waals surface area contributed by atoms with E-state index < -0.39 is 5.41 Å². The molecule has 30 heavy (non-hydrogen) atoms. The lowest BCUT2D eigenvalue weighted by atomic mass is 9.65. The fraction of sp³-hybridized carbons (Fsp3) is 0.625. The van der Waals surface area contributed by atoms with Crippen molar-refractivity contribution in [2.24, 2.45) is 12.5 Å². The van der Waals surface area contributed by atoms with Crippen molar-refractivity contribution < 1.29 is 9.18 Å². The van der Waals surface area contributed by atoms with Crippen LogP contribution >= 0.6 is 0 Å². The van der Waals surface area contributed by atoms with Gasteiger partial charge in [0.2, 0.25) is 5.91 Å². The first-order chi connectivity index (χ1) is 14.2. The monoisotopic (exact) mass is 410 g/mol. The Morgan fingerprint density at radius 2 is 2.17 bits per heavy atom. The number of nitrogens with zero attached hydrogens (tertiary/aromatic N) is 4. The molecule has 2 aromatic rings. The summed E-state index contributed by atoms with van der Waals surface area (Å²) in [5.74, 6) is -0.343. The number of hydrogen-bond acceptors (Lipinski definition) is 3. The average molecular weight is 411 g/mol. The van der Waals surface area contributed by atoms with Crippen LogP contribution in [0.15, 0.2) is 18.2 Å². The molecule has 5 nitrogen and oxygen atoms in total. The predicted octanol–water partition coefficient (Wildman–Crippen LogP) is 4.84. The first-order valence-electron chi connectivity index (χ1n) is 11.0. The van der Waals surface area contributed by atoms with Gasteiger partial charge >= 0.3 is 0 Å². The molecule has 0 radical (unpaired) electrons. The van der Waals surface area contributed by atoms with Crippen molar-refractivity contribution >= 4 is 16.8 Å². The number of nitriles is 1. The van der Waals surface area contributed by atoms with E-state index in [1.54, 1.807) is 17.8 Å². The van der Waals surface area contributed by atoms with Gasteiger partial charge in [-0.25, -0.2) is 4.39 Å². The minimum atomic E-state index is -0.961. The Hall–Kier alpha value is -2.42. The lowest BCUT2D eigenvalue weighted by molar-refractivity contribution is -0.149. The van der Waals surface area contributed by atoms with Crippen LogP contribution in [-0.2, 0) is 17.3 Å². The molecule has 160 valence electrons. The highest BCUT2D eigenvalue weighted by Gasteiger charge is 2.49. The van der Waals surface area contributed by atoms with Crippen LogP contribution in [0.2, 0.25) is 0 Å². The highest BCUT2D eigenvalue weighted by molar-refractivity contribution is 5.94. The molecule has 3 atom stereocenters. The van der Waals surface area contributed by atoms with Crippen molar-refractivity contribution in [1.82, 2.24) is 14.7 Å². The van der Waals surface area contributed by atoms with Crippen LogP contribution in [0.1, 0.15) is 71.4 Å². The average Bonchev–Trinajstić information content (AvgIpc) is 3.04. The summed E-state index contributed by atoms with van der Waals surface area (Å²) in [4.78, 5) is 16.1. The van der Waals surface area contributed by atoms with Gasteiger partial charge in [0.1, 0.15) is 5.82 Å². The molecule has 6 heteroatoms. The van der Waals surface area contributed by atoms with Gasteiger partial charge in [-0.1, -0.05) is 19.4 Å². The third-order valence-electron chi connectivity index (χ3n) is 7.34. The van der Waals surface area contributed by atoms with E-state index in [2.05, 4.69) is 23.0 Å². The van der Waals surface area contributed by atoms with Crippen molar-refractivity contribution in [3.8, 4) is 6.07 Å². The fourth-order valence-corrected chi connectivity index (χ4v) is 5.86. The molecule has 1 aromatic heterocycles. The molecule has 0 spiro atoms. The first kappa shape index (κ1) is 20.8. The molecule has 1 aliphatic carbocycles. The number of piperidine rings is 1. The van der Waals surface area contributed by atoms with E-state index in [9.17, 15) is 14.4 Å². The number of carbonyl (C=O) groups excluding carboxylic acids is 1. The van der Waals surface area contributed by atoms with Gasteiger partial charge in [0.15, 0.2) is 0 Å². The molecule has 2 bridgehead atoms. The molecule has 2 heterocycles. The van der Waals surface area contributed by atoms with Gasteiger partial charge in [-0.15, -0.1) is 0 Å². The molecule has 2 fully saturated rings. The number of aromatic nitrogens is 2. The van der Waals surface area contributed by atoms with Crippen LogP contribution in [0.3, 0.4) is 0 Å². The highest BCUT2D eigenvalue weighted by Crippen LogP contribution is 2.49. The van der Waals surface area contributed by atoms with E-state index in [-0.39, 0.29) is 29.2 Å². The molecule has 2 aliphatic rings. The topological polar surface area (TPSA) is 61.9 Å². The number of carbonyl (C=O) groups is 1. The number of halogens is 1. The smallest absolute Gasteiger partial charge is 0.234 e. The summed E-state index contributed by atoms with van der Waals surface area (Å²) in [6.07, 6.45) is 6.39. The van der Waals surface area contributed by atoms with Crippen molar-refractivity contribution in [3.63, 3.8) is 0 Å². The SMILES string of the molecule is Cn1nc(C(C)(C)C(=O)N2C(CCC#N)CC3(C)CCCC2C3)c2c(F)cccc21. The van der Waals surface area contributed by atoms with E-state index >= 15 is 0 Å². The second-order valence-corrected chi connectivity index (χ2v) is 10.1. The van der Waals surface area contributed by atoms with Gasteiger partial charge in [0.05, 0.1) is 28.1 Å². The summed E-state index contributed by atoms with van der Waals surface area (Å²) >= 11 is 0. The predicted molar refractivity (Wildman–Crippen MR) is 114 cm³/mol. The number of benzene rings is 1. The Morgan fingerprint density at radius 3 is 2.90 bits per heavy atom. The van der Waals surface area contributed by atoms with Gasteiger partial charge < -0.3 is 4.90 Å². The molecule has 1 saturated carbocycles. The summed E-state index contributed by atoms with van der Waals surface area (Å²) in [6.45, 7) is 6.05. The molecular formula is C24H31FN4O. The highest BCUT2D eigenvalue weighted by atomic mass is 19.1. The number of fused-ring (bicyclic) bond motifs is 3. The zero-order valence-electron chi connectivity index (χ0n) is 18.4. The molecule has 4 rings (SSSR count). The summed E-state index contributed by atoms with van der Waals surface area (Å²) in [7, 11) is 1.79. The van der Waals surface area contributed by atoms with Gasteiger partial charge in [0.25, 0.3) is 0 Å². The molecule has 1 aromatic carbocycles. The van der Waals surface area contributed by atoms with E-state index in [0.717, 1.165) is 25.7 Å². The van der Waals surface area contributed by atoms with Crippen molar-refractivity contribution in [2.75, 3.05) is 0 Å². The number of amides is 1. The largest absolute Gasteiger partial charge is 0.336 e. The third-order valence-corrected chi connectivity index (χ3v) is 7.34. The molecule has 1 aliphatic heterocycles. The summed E-state index contributed by atoms with van der Waals surface area (Å²) in [5, 5.41) is 14.2. The summed E-state index contributed by atoms with van der Waals surface area (Å²) < 4.78 is 16.4. The van der Waals surface area contributed by atoms with E-state index in [0.29, 0.717) is 29.4 Å². The fourth-order valence-electron chi connectivity index (χ4n) is 5.86. The lowest BCUT2D eigenvalue weighted by Gasteiger charge is -2.54. The van der Waals surface area contributed by atoms with Crippen LogP contribution in [-0.4, -0.2) is 32.7 Å². The Morgan fingerprint density at radius 1 is 1.40 bits per heavy atom. The molecule has 0 N–H and O–H groups in total. The lowest BCUT2D eigenvalue weighted by Crippen LogP contribution is -2.60. The first-order valence-corrected chi connectivity index (χ1v) is 11.0. The number of aryl methyl sites for hydroxylation is 1. The van der Waals surface area contributed by atoms with E-state index in [1.807, 2.05) is 19.9 Å². The molecular weight excluding hydrogens is 379 g/mol. The second-order valence-electron chi connectivity index (χ2n) is 10.1. The third kappa shape index (κ3) is 3.29. The van der Waals surface area contributed by atoms with Gasteiger partial charge in [-0.2, -0.15) is 10.4 Å². The zero-order valence-corrected chi connectivity index (χ0v) is 18.4. The molecule has 1 saturated heterocycles. The van der Waals surface area contributed by atoms with Crippen LogP contribution in [0, 0.1) is 22.6 Å². The van der Waals surface area contributed by atoms with Crippen molar-refractivity contribution in [1.29, 1.82) is 5.26 Å². The Bertz CT molecular complexity index is 1020. The van der Waals surface area contributed by atoms with Gasteiger partial charge in [0, 0.05) is 25.6 Å². The number of likely N-dealkylation sites (tertiary alicyclic amines) is 1. The zero-order chi connectivity index (χ0) is 21.7. The molecule has 3 unspecified atom stereocenters. The minimum absolute atomic E-state index is 0.00245. The van der Waals surface area contributed by atoms with Gasteiger partial charge in [-0.3, -0.25) is 9.48 Å². The van der Waals surface area contributed by atoms with Crippen LogP contribution in [0.4, 0.5) is 4.39 Å². The normalized spacial score (nSPS) is 26.6. The minimum Gasteiger partial charge on any atom is -0.336 e. The Labute approximate surface area is 177 Å². The maximum atomic E-state index is 14.8.